The van der Waals surface area contributed by atoms with Crippen LogP contribution in [0.2, 0.25) is 0 Å². The molecule has 1 aliphatic heterocycles. The molecule has 1 N–H and O–H groups in total. The highest BCUT2D eigenvalue weighted by molar-refractivity contribution is 7.98. The Morgan fingerprint density at radius 1 is 1.19 bits per heavy atom. The second-order valence-electron chi connectivity index (χ2n) is 5.99. The summed E-state index contributed by atoms with van der Waals surface area (Å²) in [6, 6.07) is 4.57. The quantitative estimate of drug-likeness (QED) is 0.810. The van der Waals surface area contributed by atoms with Crippen molar-refractivity contribution >= 4 is 17.6 Å². The van der Waals surface area contributed by atoms with Crippen molar-refractivity contribution in [3.8, 4) is 0 Å². The third-order valence-electron chi connectivity index (χ3n) is 4.12. The molecule has 0 aliphatic carbocycles. The van der Waals surface area contributed by atoms with E-state index in [2.05, 4.69) is 46.2 Å². The van der Waals surface area contributed by atoms with E-state index < -0.39 is 0 Å². The summed E-state index contributed by atoms with van der Waals surface area (Å²) in [6.07, 6.45) is 2.01. The molecule has 1 aromatic heterocycles. The topological polar surface area (TPSA) is 44.3 Å². The Hall–Kier alpha value is -0.850. The summed E-state index contributed by atoms with van der Waals surface area (Å²) in [5.74, 6) is 1.49. The predicted molar refractivity (Wildman–Crippen MR) is 90.0 cm³/mol. The number of nitrogens with zero attached hydrogens (tertiary/aromatic N) is 4. The number of hydrogen-bond donors (Lipinski definition) is 1. The Balaban J connectivity index is 1.90. The lowest BCUT2D eigenvalue weighted by Crippen LogP contribution is -2.52. The summed E-state index contributed by atoms with van der Waals surface area (Å²) < 4.78 is 0. The smallest absolute Gasteiger partial charge is 0.148 e. The van der Waals surface area contributed by atoms with E-state index in [0.717, 1.165) is 43.6 Å². The van der Waals surface area contributed by atoms with Gasteiger partial charge >= 0.3 is 0 Å². The van der Waals surface area contributed by atoms with Gasteiger partial charge in [-0.15, -0.1) is 22.0 Å². The summed E-state index contributed by atoms with van der Waals surface area (Å²) in [7, 11) is 2.20. The number of rotatable bonds is 6. The molecule has 0 radical (unpaired) electrons. The summed E-state index contributed by atoms with van der Waals surface area (Å²) in [5.41, 5.74) is 0. The molecule has 0 amide bonds. The third-order valence-corrected chi connectivity index (χ3v) is 4.75. The van der Waals surface area contributed by atoms with Crippen molar-refractivity contribution in [2.24, 2.45) is 5.92 Å². The summed E-state index contributed by atoms with van der Waals surface area (Å²) in [5, 5.41) is 12.8. The van der Waals surface area contributed by atoms with Gasteiger partial charge in [-0.05, 0) is 31.4 Å². The predicted octanol–water partition coefficient (Wildman–Crippen LogP) is 1.88. The Kier molecular flexibility index (Phi) is 6.26. The van der Waals surface area contributed by atoms with E-state index in [1.165, 1.54) is 0 Å². The van der Waals surface area contributed by atoms with E-state index >= 15 is 0 Å². The highest BCUT2D eigenvalue weighted by atomic mass is 32.2. The Labute approximate surface area is 132 Å². The molecule has 6 heteroatoms. The van der Waals surface area contributed by atoms with Crippen molar-refractivity contribution < 1.29 is 0 Å². The van der Waals surface area contributed by atoms with E-state index in [4.69, 9.17) is 0 Å². The third kappa shape index (κ3) is 4.83. The fraction of sp³-hybridized carbons (Fsp3) is 0.733. The average Bonchev–Trinajstić information content (AvgIpc) is 2.49. The van der Waals surface area contributed by atoms with E-state index in [9.17, 15) is 0 Å². The number of piperazine rings is 1. The SMILES string of the molecule is CSc1ccc(NCC(C(C)C)N2CCN(C)CC2)nn1. The lowest BCUT2D eigenvalue weighted by Gasteiger charge is -2.40. The monoisotopic (exact) mass is 309 g/mol. The molecule has 118 valence electrons. The van der Waals surface area contributed by atoms with Gasteiger partial charge in [-0.3, -0.25) is 4.90 Å². The van der Waals surface area contributed by atoms with Crippen LogP contribution >= 0.6 is 11.8 Å². The number of likely N-dealkylation sites (N-methyl/N-ethyl adjacent to an activating group) is 1. The molecule has 1 atom stereocenters. The van der Waals surface area contributed by atoms with Crippen molar-refractivity contribution in [1.82, 2.24) is 20.0 Å². The van der Waals surface area contributed by atoms with Crippen LogP contribution in [0.15, 0.2) is 17.2 Å². The molecule has 1 aliphatic rings. The van der Waals surface area contributed by atoms with Gasteiger partial charge in [0.25, 0.3) is 0 Å². The number of anilines is 1. The standard InChI is InChI=1S/C15H27N5S/c1-12(2)13(20-9-7-19(3)8-10-20)11-16-14-5-6-15(21-4)18-17-14/h5-6,12-13H,7-11H2,1-4H3,(H,16,17). The van der Waals surface area contributed by atoms with Gasteiger partial charge < -0.3 is 10.2 Å². The first kappa shape index (κ1) is 16.5. The average molecular weight is 309 g/mol. The van der Waals surface area contributed by atoms with Gasteiger partial charge in [-0.1, -0.05) is 13.8 Å². The van der Waals surface area contributed by atoms with Gasteiger partial charge in [-0.2, -0.15) is 0 Å². The first-order valence-corrected chi connectivity index (χ1v) is 8.87. The molecule has 1 aromatic rings. The van der Waals surface area contributed by atoms with E-state index in [-0.39, 0.29) is 0 Å². The number of nitrogens with one attached hydrogen (secondary N) is 1. The minimum atomic E-state index is 0.542. The molecule has 5 nitrogen and oxygen atoms in total. The second-order valence-corrected chi connectivity index (χ2v) is 6.82. The molecule has 1 fully saturated rings. The Bertz CT molecular complexity index is 415. The molecule has 0 spiro atoms. The molecule has 1 unspecified atom stereocenters. The number of aromatic nitrogens is 2. The van der Waals surface area contributed by atoms with Crippen LogP contribution in [0.4, 0.5) is 5.82 Å². The largest absolute Gasteiger partial charge is 0.367 e. The van der Waals surface area contributed by atoms with Gasteiger partial charge in [0.05, 0.1) is 0 Å². The number of thioether (sulfide) groups is 1. The highest BCUT2D eigenvalue weighted by Gasteiger charge is 2.24. The lowest BCUT2D eigenvalue weighted by molar-refractivity contribution is 0.0944. The zero-order chi connectivity index (χ0) is 15.2. The summed E-state index contributed by atoms with van der Waals surface area (Å²) >= 11 is 1.62. The first-order valence-electron chi connectivity index (χ1n) is 7.64. The molecular weight excluding hydrogens is 282 g/mol. The molecule has 2 heterocycles. The zero-order valence-electron chi connectivity index (χ0n) is 13.5. The van der Waals surface area contributed by atoms with Crippen molar-refractivity contribution in [2.75, 3.05) is 51.3 Å². The van der Waals surface area contributed by atoms with Gasteiger partial charge in [0.2, 0.25) is 0 Å². The van der Waals surface area contributed by atoms with Crippen LogP contribution in [0, 0.1) is 5.92 Å². The molecular formula is C15H27N5S. The highest BCUT2D eigenvalue weighted by Crippen LogP contribution is 2.15. The van der Waals surface area contributed by atoms with Crippen LogP contribution in [-0.2, 0) is 0 Å². The van der Waals surface area contributed by atoms with Gasteiger partial charge in [-0.25, -0.2) is 0 Å². The Morgan fingerprint density at radius 3 is 2.43 bits per heavy atom. The van der Waals surface area contributed by atoms with Gasteiger partial charge in [0.1, 0.15) is 10.8 Å². The van der Waals surface area contributed by atoms with Crippen LogP contribution in [0.5, 0.6) is 0 Å². The Morgan fingerprint density at radius 2 is 1.90 bits per heavy atom. The first-order chi connectivity index (χ1) is 10.1. The van der Waals surface area contributed by atoms with E-state index in [1.807, 2.05) is 18.4 Å². The van der Waals surface area contributed by atoms with E-state index in [0.29, 0.717) is 12.0 Å². The maximum atomic E-state index is 4.23. The fourth-order valence-corrected chi connectivity index (χ4v) is 3.00. The minimum absolute atomic E-state index is 0.542. The normalized spacial score (nSPS) is 18.9. The second kappa shape index (κ2) is 7.96. The molecule has 0 aromatic carbocycles. The molecule has 2 rings (SSSR count). The van der Waals surface area contributed by atoms with Crippen LogP contribution < -0.4 is 5.32 Å². The van der Waals surface area contributed by atoms with Crippen LogP contribution in [0.25, 0.3) is 0 Å². The molecule has 0 bridgehead atoms. The van der Waals surface area contributed by atoms with Gasteiger partial charge in [0.15, 0.2) is 0 Å². The van der Waals surface area contributed by atoms with Crippen LogP contribution in [-0.4, -0.2) is 72.1 Å². The van der Waals surface area contributed by atoms with Crippen LogP contribution in [0.1, 0.15) is 13.8 Å². The fourth-order valence-electron chi connectivity index (χ4n) is 2.67. The molecule has 1 saturated heterocycles. The minimum Gasteiger partial charge on any atom is -0.367 e. The maximum Gasteiger partial charge on any atom is 0.148 e. The number of hydrogen-bond acceptors (Lipinski definition) is 6. The van der Waals surface area contributed by atoms with Crippen LogP contribution in [0.3, 0.4) is 0 Å². The lowest BCUT2D eigenvalue weighted by atomic mass is 10.0. The van der Waals surface area contributed by atoms with Crippen molar-refractivity contribution in [3.05, 3.63) is 12.1 Å². The maximum absolute atomic E-state index is 4.23. The molecule has 0 saturated carbocycles. The summed E-state index contributed by atoms with van der Waals surface area (Å²) in [6.45, 7) is 10.1. The van der Waals surface area contributed by atoms with Crippen molar-refractivity contribution in [3.63, 3.8) is 0 Å². The summed E-state index contributed by atoms with van der Waals surface area (Å²) in [4.78, 5) is 5.00. The van der Waals surface area contributed by atoms with Gasteiger partial charge in [0, 0.05) is 38.8 Å². The van der Waals surface area contributed by atoms with Crippen molar-refractivity contribution in [1.29, 1.82) is 0 Å². The zero-order valence-corrected chi connectivity index (χ0v) is 14.4. The van der Waals surface area contributed by atoms with Crippen molar-refractivity contribution in [2.45, 2.75) is 24.9 Å². The molecule has 21 heavy (non-hydrogen) atoms. The van der Waals surface area contributed by atoms with E-state index in [1.54, 1.807) is 11.8 Å².